The van der Waals surface area contributed by atoms with Crippen LogP contribution in [0, 0.1) is 6.92 Å². The number of nitrogens with zero attached hydrogens (tertiary/aromatic N) is 1. The number of aryl methyl sites for hydroxylation is 1. The lowest BCUT2D eigenvalue weighted by Crippen LogP contribution is -2.40. The van der Waals surface area contributed by atoms with Crippen LogP contribution in [0.4, 0.5) is 18.9 Å². The highest BCUT2D eigenvalue weighted by Crippen LogP contribution is 2.29. The second kappa shape index (κ2) is 9.96. The Kier molecular flexibility index (Phi) is 7.48. The van der Waals surface area contributed by atoms with Crippen molar-refractivity contribution in [2.75, 3.05) is 10.8 Å². The first-order valence-electron chi connectivity index (χ1n) is 9.74. The van der Waals surface area contributed by atoms with Gasteiger partial charge in [-0.05, 0) is 61.0 Å². The van der Waals surface area contributed by atoms with Crippen molar-refractivity contribution in [2.45, 2.75) is 24.5 Å². The first kappa shape index (κ1) is 24.8. The summed E-state index contributed by atoms with van der Waals surface area (Å²) < 4.78 is 67.0. The first-order valence-corrected chi connectivity index (χ1v) is 12.0. The van der Waals surface area contributed by atoms with Crippen LogP contribution in [0.3, 0.4) is 0 Å². The predicted molar refractivity (Wildman–Crippen MR) is 123 cm³/mol. The fourth-order valence-electron chi connectivity index (χ4n) is 3.00. The number of benzene rings is 3. The average molecular weight is 541 g/mol. The Morgan fingerprint density at radius 1 is 1.00 bits per heavy atom. The molecule has 0 bridgehead atoms. The van der Waals surface area contributed by atoms with Gasteiger partial charge in [0, 0.05) is 11.0 Å². The van der Waals surface area contributed by atoms with Gasteiger partial charge in [-0.15, -0.1) is 0 Å². The van der Waals surface area contributed by atoms with Crippen LogP contribution in [0.2, 0.25) is 0 Å². The Morgan fingerprint density at radius 3 is 2.24 bits per heavy atom. The van der Waals surface area contributed by atoms with Gasteiger partial charge in [0.15, 0.2) is 0 Å². The van der Waals surface area contributed by atoms with Crippen molar-refractivity contribution in [2.24, 2.45) is 0 Å². The molecule has 3 aromatic rings. The number of hydrogen-bond donors (Lipinski definition) is 1. The van der Waals surface area contributed by atoms with Gasteiger partial charge in [0.1, 0.15) is 6.54 Å². The normalized spacial score (nSPS) is 11.8. The van der Waals surface area contributed by atoms with E-state index in [1.54, 1.807) is 36.4 Å². The number of anilines is 1. The first-order chi connectivity index (χ1) is 15.5. The number of halogens is 4. The maximum Gasteiger partial charge on any atom is 0.416 e. The summed E-state index contributed by atoms with van der Waals surface area (Å²) in [6.45, 7) is 1.10. The van der Waals surface area contributed by atoms with Crippen LogP contribution in [0.25, 0.3) is 0 Å². The molecule has 5 nitrogen and oxygen atoms in total. The lowest BCUT2D eigenvalue weighted by atomic mass is 10.1. The standard InChI is InChI=1S/C23H20BrF3N2O3S/c1-16-5-11-21(12-6-16)33(31,32)29(20-9-7-19(24)8-10-20)15-22(30)28-14-17-3-2-4-18(13-17)23(25,26)27/h2-13H,14-15H2,1H3,(H,28,30). The zero-order valence-electron chi connectivity index (χ0n) is 17.4. The summed E-state index contributed by atoms with van der Waals surface area (Å²) in [5, 5.41) is 2.50. The predicted octanol–water partition coefficient (Wildman–Crippen LogP) is 5.29. The molecular weight excluding hydrogens is 521 g/mol. The third-order valence-electron chi connectivity index (χ3n) is 4.75. The van der Waals surface area contributed by atoms with E-state index in [9.17, 15) is 26.4 Å². The maximum absolute atomic E-state index is 13.3. The lowest BCUT2D eigenvalue weighted by molar-refractivity contribution is -0.137. The van der Waals surface area contributed by atoms with Crippen LogP contribution in [0.15, 0.2) is 82.2 Å². The van der Waals surface area contributed by atoms with Crippen molar-refractivity contribution in [1.82, 2.24) is 5.32 Å². The van der Waals surface area contributed by atoms with Crippen molar-refractivity contribution in [1.29, 1.82) is 0 Å². The zero-order valence-corrected chi connectivity index (χ0v) is 19.8. The third kappa shape index (κ3) is 6.35. The van der Waals surface area contributed by atoms with Gasteiger partial charge < -0.3 is 5.32 Å². The topological polar surface area (TPSA) is 66.5 Å². The maximum atomic E-state index is 13.3. The smallest absolute Gasteiger partial charge is 0.350 e. The number of nitrogens with one attached hydrogen (secondary N) is 1. The molecule has 0 atom stereocenters. The second-order valence-electron chi connectivity index (χ2n) is 7.28. The SMILES string of the molecule is Cc1ccc(S(=O)(=O)N(CC(=O)NCc2cccc(C(F)(F)F)c2)c2ccc(Br)cc2)cc1. The number of carbonyl (C=O) groups is 1. The highest BCUT2D eigenvalue weighted by Gasteiger charge is 2.30. The Balaban J connectivity index is 1.82. The summed E-state index contributed by atoms with van der Waals surface area (Å²) in [5.41, 5.74) is 0.568. The van der Waals surface area contributed by atoms with Crippen LogP contribution < -0.4 is 9.62 Å². The number of sulfonamides is 1. The van der Waals surface area contributed by atoms with Crippen LogP contribution in [0.5, 0.6) is 0 Å². The van der Waals surface area contributed by atoms with E-state index < -0.39 is 34.2 Å². The van der Waals surface area contributed by atoms with Crippen LogP contribution in [-0.2, 0) is 27.5 Å². The van der Waals surface area contributed by atoms with E-state index in [2.05, 4.69) is 21.2 Å². The fraction of sp³-hybridized carbons (Fsp3) is 0.174. The number of hydrogen-bond acceptors (Lipinski definition) is 3. The molecule has 0 aromatic heterocycles. The van der Waals surface area contributed by atoms with Gasteiger partial charge in [0.2, 0.25) is 5.91 Å². The molecule has 0 fully saturated rings. The second-order valence-corrected chi connectivity index (χ2v) is 10.1. The van der Waals surface area contributed by atoms with Gasteiger partial charge in [-0.3, -0.25) is 9.10 Å². The molecule has 3 rings (SSSR count). The van der Waals surface area contributed by atoms with Gasteiger partial charge in [0.05, 0.1) is 16.1 Å². The largest absolute Gasteiger partial charge is 0.416 e. The number of rotatable bonds is 7. The van der Waals surface area contributed by atoms with E-state index in [1.807, 2.05) is 6.92 Å². The highest BCUT2D eigenvalue weighted by atomic mass is 79.9. The Labute approximate surface area is 198 Å². The van der Waals surface area contributed by atoms with E-state index >= 15 is 0 Å². The minimum absolute atomic E-state index is 0.0155. The molecule has 0 spiro atoms. The quantitative estimate of drug-likeness (QED) is 0.443. The van der Waals surface area contributed by atoms with Crippen molar-refractivity contribution < 1.29 is 26.4 Å². The number of carbonyl (C=O) groups excluding carboxylic acids is 1. The summed E-state index contributed by atoms with van der Waals surface area (Å²) in [4.78, 5) is 12.6. The van der Waals surface area contributed by atoms with E-state index in [-0.39, 0.29) is 22.7 Å². The molecule has 1 amide bonds. The summed E-state index contributed by atoms with van der Waals surface area (Å²) in [6, 6.07) is 17.2. The molecule has 1 N–H and O–H groups in total. The highest BCUT2D eigenvalue weighted by molar-refractivity contribution is 9.10. The molecule has 0 heterocycles. The monoisotopic (exact) mass is 540 g/mol. The molecule has 0 aliphatic carbocycles. The molecule has 0 radical (unpaired) electrons. The van der Waals surface area contributed by atoms with Crippen molar-refractivity contribution in [3.05, 3.63) is 94.0 Å². The molecule has 10 heteroatoms. The average Bonchev–Trinajstić information content (AvgIpc) is 2.76. The van der Waals surface area contributed by atoms with Gasteiger partial charge in [0.25, 0.3) is 10.0 Å². The Hall–Kier alpha value is -2.85. The molecule has 0 aliphatic rings. The lowest BCUT2D eigenvalue weighted by Gasteiger charge is -2.24. The number of alkyl halides is 3. The van der Waals surface area contributed by atoms with Crippen LogP contribution in [-0.4, -0.2) is 20.9 Å². The molecule has 0 saturated carbocycles. The van der Waals surface area contributed by atoms with E-state index in [0.717, 1.165) is 26.5 Å². The molecule has 3 aromatic carbocycles. The van der Waals surface area contributed by atoms with Gasteiger partial charge in [-0.25, -0.2) is 8.42 Å². The van der Waals surface area contributed by atoms with E-state index in [4.69, 9.17) is 0 Å². The van der Waals surface area contributed by atoms with Crippen LogP contribution >= 0.6 is 15.9 Å². The fourth-order valence-corrected chi connectivity index (χ4v) is 4.69. The van der Waals surface area contributed by atoms with Crippen LogP contribution in [0.1, 0.15) is 16.7 Å². The summed E-state index contributed by atoms with van der Waals surface area (Å²) in [6.07, 6.45) is -4.50. The van der Waals surface area contributed by atoms with E-state index in [0.29, 0.717) is 0 Å². The summed E-state index contributed by atoms with van der Waals surface area (Å²) in [5.74, 6) is -0.661. The third-order valence-corrected chi connectivity index (χ3v) is 7.07. The summed E-state index contributed by atoms with van der Waals surface area (Å²) in [7, 11) is -4.08. The Bertz CT molecular complexity index is 1230. The summed E-state index contributed by atoms with van der Waals surface area (Å²) >= 11 is 3.29. The zero-order chi connectivity index (χ0) is 24.2. The van der Waals surface area contributed by atoms with Gasteiger partial charge in [-0.2, -0.15) is 13.2 Å². The minimum Gasteiger partial charge on any atom is -0.350 e. The molecule has 33 heavy (non-hydrogen) atoms. The molecule has 0 saturated heterocycles. The van der Waals surface area contributed by atoms with Crippen molar-refractivity contribution in [3.63, 3.8) is 0 Å². The van der Waals surface area contributed by atoms with Gasteiger partial charge >= 0.3 is 6.18 Å². The molecule has 0 aliphatic heterocycles. The molecule has 174 valence electrons. The number of amides is 1. The minimum atomic E-state index is -4.50. The van der Waals surface area contributed by atoms with E-state index in [1.165, 1.54) is 24.3 Å². The Morgan fingerprint density at radius 2 is 1.64 bits per heavy atom. The molecular formula is C23H20BrF3N2O3S. The van der Waals surface area contributed by atoms with Crippen molar-refractivity contribution in [3.8, 4) is 0 Å². The molecule has 0 unspecified atom stereocenters. The van der Waals surface area contributed by atoms with Crippen molar-refractivity contribution >= 4 is 37.5 Å². The van der Waals surface area contributed by atoms with Gasteiger partial charge in [-0.1, -0.05) is 45.8 Å².